The first-order valence-electron chi connectivity index (χ1n) is 5.67. The number of aryl methyl sites for hydroxylation is 1. The molecule has 0 atom stereocenters. The Morgan fingerprint density at radius 2 is 1.90 bits per heavy atom. The summed E-state index contributed by atoms with van der Waals surface area (Å²) in [5.41, 5.74) is -0.414. The summed E-state index contributed by atoms with van der Waals surface area (Å²) in [7, 11) is 0. The van der Waals surface area contributed by atoms with Crippen LogP contribution < -0.4 is 0 Å². The van der Waals surface area contributed by atoms with Crippen molar-refractivity contribution < 1.29 is 23.1 Å². The summed E-state index contributed by atoms with van der Waals surface area (Å²) in [5.74, 6) is -1.21. The quantitative estimate of drug-likeness (QED) is 0.911. The highest BCUT2D eigenvalue weighted by Crippen LogP contribution is 2.36. The van der Waals surface area contributed by atoms with Gasteiger partial charge in [-0.2, -0.15) is 13.2 Å². The van der Waals surface area contributed by atoms with Gasteiger partial charge in [0.05, 0.1) is 5.56 Å². The second kappa shape index (κ2) is 4.96. The Hall–Kier alpha value is -2.37. The molecule has 20 heavy (non-hydrogen) atoms. The van der Waals surface area contributed by atoms with Crippen molar-refractivity contribution >= 4 is 5.97 Å². The van der Waals surface area contributed by atoms with Gasteiger partial charge in [-0.15, -0.1) is 0 Å². The maximum Gasteiger partial charge on any atom is 0.417 e. The molecule has 0 bridgehead atoms. The van der Waals surface area contributed by atoms with Crippen LogP contribution in [-0.4, -0.2) is 16.1 Å². The third-order valence-electron chi connectivity index (χ3n) is 2.82. The fraction of sp³-hybridized carbons (Fsp3) is 0.143. The molecule has 1 aromatic heterocycles. The number of hydrogen-bond acceptors (Lipinski definition) is 2. The minimum Gasteiger partial charge on any atom is -0.477 e. The summed E-state index contributed by atoms with van der Waals surface area (Å²) >= 11 is 0. The molecule has 0 aliphatic heterocycles. The first kappa shape index (κ1) is 14.0. The molecule has 0 amide bonds. The van der Waals surface area contributed by atoms with Gasteiger partial charge in [0.1, 0.15) is 0 Å². The smallest absolute Gasteiger partial charge is 0.417 e. The van der Waals surface area contributed by atoms with Crippen LogP contribution in [0.1, 0.15) is 21.6 Å². The lowest BCUT2D eigenvalue weighted by Crippen LogP contribution is -2.08. The fourth-order valence-electron chi connectivity index (χ4n) is 1.93. The zero-order valence-corrected chi connectivity index (χ0v) is 10.4. The molecule has 1 N–H and O–H groups in total. The number of carbonyl (C=O) groups is 1. The number of carboxylic acid groups (broad SMARTS) is 1. The van der Waals surface area contributed by atoms with Crippen LogP contribution in [0.15, 0.2) is 36.5 Å². The van der Waals surface area contributed by atoms with Crippen molar-refractivity contribution in [3.63, 3.8) is 0 Å². The Kier molecular flexibility index (Phi) is 3.48. The van der Waals surface area contributed by atoms with Crippen molar-refractivity contribution in [1.82, 2.24) is 4.98 Å². The summed E-state index contributed by atoms with van der Waals surface area (Å²) in [5, 5.41) is 8.87. The number of aromatic carboxylic acids is 1. The SMILES string of the molecule is Cc1cc(-c2ccccc2C(F)(F)F)cnc1C(=O)O. The highest BCUT2D eigenvalue weighted by atomic mass is 19.4. The lowest BCUT2D eigenvalue weighted by molar-refractivity contribution is -0.137. The highest BCUT2D eigenvalue weighted by Gasteiger charge is 2.33. The molecule has 0 spiro atoms. The van der Waals surface area contributed by atoms with Gasteiger partial charge in [0.25, 0.3) is 0 Å². The molecule has 0 fully saturated rings. The highest BCUT2D eigenvalue weighted by molar-refractivity contribution is 5.87. The van der Waals surface area contributed by atoms with E-state index in [0.717, 1.165) is 12.3 Å². The fourth-order valence-corrected chi connectivity index (χ4v) is 1.93. The normalized spacial score (nSPS) is 11.4. The van der Waals surface area contributed by atoms with Gasteiger partial charge in [0, 0.05) is 11.8 Å². The van der Waals surface area contributed by atoms with Crippen LogP contribution in [0.3, 0.4) is 0 Å². The molecule has 2 rings (SSSR count). The van der Waals surface area contributed by atoms with E-state index in [-0.39, 0.29) is 16.8 Å². The van der Waals surface area contributed by atoms with Gasteiger partial charge in [0.2, 0.25) is 0 Å². The lowest BCUT2D eigenvalue weighted by atomic mass is 9.99. The van der Waals surface area contributed by atoms with Crippen molar-refractivity contribution in [2.24, 2.45) is 0 Å². The van der Waals surface area contributed by atoms with Crippen LogP contribution in [0.4, 0.5) is 13.2 Å². The van der Waals surface area contributed by atoms with Crippen LogP contribution >= 0.6 is 0 Å². The Bertz CT molecular complexity index is 666. The first-order chi connectivity index (χ1) is 9.30. The van der Waals surface area contributed by atoms with E-state index in [1.54, 1.807) is 0 Å². The molecule has 0 radical (unpaired) electrons. The third kappa shape index (κ3) is 2.64. The molecule has 104 valence electrons. The third-order valence-corrected chi connectivity index (χ3v) is 2.82. The van der Waals surface area contributed by atoms with Crippen molar-refractivity contribution in [2.75, 3.05) is 0 Å². The van der Waals surface area contributed by atoms with Crippen molar-refractivity contribution in [3.8, 4) is 11.1 Å². The monoisotopic (exact) mass is 281 g/mol. The van der Waals surface area contributed by atoms with Crippen LogP contribution in [-0.2, 0) is 6.18 Å². The average molecular weight is 281 g/mol. The maximum absolute atomic E-state index is 12.9. The number of rotatable bonds is 2. The number of nitrogens with zero attached hydrogens (tertiary/aromatic N) is 1. The van der Waals surface area contributed by atoms with E-state index >= 15 is 0 Å². The lowest BCUT2D eigenvalue weighted by Gasteiger charge is -2.13. The molecule has 1 aromatic carbocycles. The van der Waals surface area contributed by atoms with E-state index < -0.39 is 17.7 Å². The summed E-state index contributed by atoms with van der Waals surface area (Å²) in [6.45, 7) is 1.50. The number of carboxylic acids is 1. The Morgan fingerprint density at radius 1 is 1.25 bits per heavy atom. The van der Waals surface area contributed by atoms with E-state index in [4.69, 9.17) is 5.11 Å². The Balaban J connectivity index is 2.59. The number of benzene rings is 1. The standard InChI is InChI=1S/C14H10F3NO2/c1-8-6-9(7-18-12(8)13(19)20)10-4-2-3-5-11(10)14(15,16)17/h2-7H,1H3,(H,19,20). The summed E-state index contributed by atoms with van der Waals surface area (Å²) in [6, 6.07) is 6.50. The average Bonchev–Trinajstić information content (AvgIpc) is 2.37. The summed E-state index contributed by atoms with van der Waals surface area (Å²) in [4.78, 5) is 14.6. The van der Waals surface area contributed by atoms with Gasteiger partial charge in [-0.25, -0.2) is 9.78 Å². The largest absolute Gasteiger partial charge is 0.477 e. The molecule has 0 saturated heterocycles. The van der Waals surface area contributed by atoms with Gasteiger partial charge in [-0.3, -0.25) is 0 Å². The molecule has 1 heterocycles. The zero-order valence-electron chi connectivity index (χ0n) is 10.4. The van der Waals surface area contributed by atoms with Gasteiger partial charge in [-0.05, 0) is 30.2 Å². The number of hydrogen-bond donors (Lipinski definition) is 1. The number of alkyl halides is 3. The van der Waals surface area contributed by atoms with Crippen LogP contribution in [0, 0.1) is 6.92 Å². The molecular formula is C14H10F3NO2. The molecule has 3 nitrogen and oxygen atoms in total. The van der Waals surface area contributed by atoms with Gasteiger partial charge < -0.3 is 5.11 Å². The molecule has 0 saturated carbocycles. The minimum absolute atomic E-state index is 0.0208. The van der Waals surface area contributed by atoms with E-state index in [1.165, 1.54) is 31.2 Å². The second-order valence-corrected chi connectivity index (χ2v) is 4.24. The van der Waals surface area contributed by atoms with E-state index in [1.807, 2.05) is 0 Å². The number of pyridine rings is 1. The number of aromatic nitrogens is 1. The second-order valence-electron chi connectivity index (χ2n) is 4.24. The predicted molar refractivity (Wildman–Crippen MR) is 66.4 cm³/mol. The summed E-state index contributed by atoms with van der Waals surface area (Å²) in [6.07, 6.45) is -3.34. The maximum atomic E-state index is 12.9. The van der Waals surface area contributed by atoms with E-state index in [0.29, 0.717) is 5.56 Å². The van der Waals surface area contributed by atoms with Crippen molar-refractivity contribution in [2.45, 2.75) is 13.1 Å². The van der Waals surface area contributed by atoms with E-state index in [2.05, 4.69) is 4.98 Å². The summed E-state index contributed by atoms with van der Waals surface area (Å²) < 4.78 is 38.8. The van der Waals surface area contributed by atoms with Gasteiger partial charge in [0.15, 0.2) is 5.69 Å². The number of halogens is 3. The van der Waals surface area contributed by atoms with Crippen LogP contribution in [0.25, 0.3) is 11.1 Å². The Labute approximate surface area is 112 Å². The predicted octanol–water partition coefficient (Wildman–Crippen LogP) is 3.77. The topological polar surface area (TPSA) is 50.2 Å². The molecular weight excluding hydrogens is 271 g/mol. The first-order valence-corrected chi connectivity index (χ1v) is 5.67. The van der Waals surface area contributed by atoms with Gasteiger partial charge >= 0.3 is 12.1 Å². The van der Waals surface area contributed by atoms with Gasteiger partial charge in [-0.1, -0.05) is 18.2 Å². The minimum atomic E-state index is -4.48. The van der Waals surface area contributed by atoms with Crippen molar-refractivity contribution in [1.29, 1.82) is 0 Å². The molecule has 0 aliphatic carbocycles. The van der Waals surface area contributed by atoms with E-state index in [9.17, 15) is 18.0 Å². The molecule has 0 unspecified atom stereocenters. The zero-order chi connectivity index (χ0) is 14.9. The van der Waals surface area contributed by atoms with Crippen LogP contribution in [0.2, 0.25) is 0 Å². The van der Waals surface area contributed by atoms with Crippen molar-refractivity contribution in [3.05, 3.63) is 53.3 Å². The molecule has 6 heteroatoms. The van der Waals surface area contributed by atoms with Crippen LogP contribution in [0.5, 0.6) is 0 Å². The molecule has 0 aliphatic rings. The molecule has 2 aromatic rings. The Morgan fingerprint density at radius 3 is 2.45 bits per heavy atom.